The van der Waals surface area contributed by atoms with Crippen molar-refractivity contribution >= 4 is 23.3 Å². The van der Waals surface area contributed by atoms with Gasteiger partial charge in [-0.2, -0.15) is 0 Å². The summed E-state index contributed by atoms with van der Waals surface area (Å²) < 4.78 is 16.3. The molecule has 0 aromatic heterocycles. The van der Waals surface area contributed by atoms with Crippen molar-refractivity contribution in [2.75, 3.05) is 19.0 Å². The number of esters is 1. The molecule has 0 atom stereocenters. The van der Waals surface area contributed by atoms with Gasteiger partial charge in [0.2, 0.25) is 0 Å². The third kappa shape index (κ3) is 4.08. The maximum atomic E-state index is 13.0. The molecule has 162 valence electrons. The lowest BCUT2D eigenvalue weighted by Crippen LogP contribution is -2.26. The summed E-state index contributed by atoms with van der Waals surface area (Å²) in [4.78, 5) is 35.8. The fourth-order valence-corrected chi connectivity index (χ4v) is 3.48. The number of fused-ring (bicyclic) bond motifs is 2. The number of para-hydroxylation sites is 2. The molecule has 0 bridgehead atoms. The first kappa shape index (κ1) is 20.9. The number of hydrogen-bond acceptors (Lipinski definition) is 7. The minimum absolute atomic E-state index is 0.101. The summed E-state index contributed by atoms with van der Waals surface area (Å²) in [6.45, 7) is -0.577. The van der Waals surface area contributed by atoms with Gasteiger partial charge in [-0.05, 0) is 18.2 Å². The number of rotatable bonds is 6. The van der Waals surface area contributed by atoms with Crippen molar-refractivity contribution in [3.05, 3.63) is 88.0 Å². The lowest BCUT2D eigenvalue weighted by Gasteiger charge is -2.26. The number of ether oxygens (including phenoxy) is 3. The number of carbonyl (C=O) groups excluding carboxylic acids is 2. The van der Waals surface area contributed by atoms with Gasteiger partial charge < -0.3 is 19.5 Å². The van der Waals surface area contributed by atoms with Crippen LogP contribution in [0.1, 0.15) is 17.0 Å². The maximum absolute atomic E-state index is 13.0. The van der Waals surface area contributed by atoms with Crippen LogP contribution in [0.5, 0.6) is 17.2 Å². The Balaban J connectivity index is 1.50. The van der Waals surface area contributed by atoms with Crippen LogP contribution in [0.15, 0.2) is 66.7 Å². The van der Waals surface area contributed by atoms with E-state index < -0.39 is 29.3 Å². The molecule has 0 saturated carbocycles. The van der Waals surface area contributed by atoms with Crippen LogP contribution in [0, 0.1) is 10.1 Å². The molecule has 1 aliphatic rings. The van der Waals surface area contributed by atoms with Crippen LogP contribution in [0.2, 0.25) is 0 Å². The zero-order chi connectivity index (χ0) is 22.7. The van der Waals surface area contributed by atoms with Gasteiger partial charge in [-0.3, -0.25) is 19.7 Å². The van der Waals surface area contributed by atoms with Crippen LogP contribution in [-0.2, 0) is 14.3 Å². The van der Waals surface area contributed by atoms with E-state index in [4.69, 9.17) is 14.2 Å². The molecule has 9 heteroatoms. The van der Waals surface area contributed by atoms with Crippen molar-refractivity contribution in [3.8, 4) is 17.2 Å². The maximum Gasteiger partial charge on any atom is 0.318 e. The number of anilines is 1. The summed E-state index contributed by atoms with van der Waals surface area (Å²) in [5, 5.41) is 13.5. The molecule has 1 N–H and O–H groups in total. The molecule has 1 amide bonds. The third-order valence-corrected chi connectivity index (χ3v) is 4.93. The average molecular weight is 434 g/mol. The Hall–Kier alpha value is -4.40. The van der Waals surface area contributed by atoms with Gasteiger partial charge in [0.05, 0.1) is 17.7 Å². The number of nitro benzene ring substituents is 1. The number of hydrogen-bond donors (Lipinski definition) is 1. The molecule has 1 aliphatic heterocycles. The highest BCUT2D eigenvalue weighted by Crippen LogP contribution is 2.44. The van der Waals surface area contributed by atoms with Crippen LogP contribution in [-0.4, -0.2) is 30.5 Å². The molecule has 0 saturated heterocycles. The van der Waals surface area contributed by atoms with Gasteiger partial charge >= 0.3 is 5.97 Å². The number of amides is 1. The second-order valence-electron chi connectivity index (χ2n) is 6.91. The fraction of sp³-hybridized carbons (Fsp3) is 0.130. The van der Waals surface area contributed by atoms with Crippen molar-refractivity contribution in [1.29, 1.82) is 0 Å². The molecule has 9 nitrogen and oxygen atoms in total. The highest BCUT2D eigenvalue weighted by Gasteiger charge is 2.33. The Labute approximate surface area is 182 Å². The van der Waals surface area contributed by atoms with Gasteiger partial charge in [0, 0.05) is 23.3 Å². The number of benzene rings is 3. The van der Waals surface area contributed by atoms with Crippen molar-refractivity contribution < 1.29 is 28.7 Å². The molecule has 4 rings (SSSR count). The SMILES string of the molecule is COc1ccc([N+](=O)[O-])cc1NC(=O)COC(=O)C1c2ccccc2Oc2ccccc21. The van der Waals surface area contributed by atoms with Crippen LogP contribution >= 0.6 is 0 Å². The van der Waals surface area contributed by atoms with Gasteiger partial charge in [0.15, 0.2) is 6.61 Å². The molecule has 0 unspecified atom stereocenters. The number of nitrogens with one attached hydrogen (secondary N) is 1. The summed E-state index contributed by atoms with van der Waals surface area (Å²) in [6, 6.07) is 18.0. The van der Waals surface area contributed by atoms with E-state index in [-0.39, 0.29) is 17.1 Å². The first-order valence-electron chi connectivity index (χ1n) is 9.62. The molecule has 1 heterocycles. The van der Waals surface area contributed by atoms with E-state index in [0.717, 1.165) is 0 Å². The van der Waals surface area contributed by atoms with Gasteiger partial charge in [-0.1, -0.05) is 36.4 Å². The van der Waals surface area contributed by atoms with Crippen LogP contribution in [0.4, 0.5) is 11.4 Å². The molecule has 3 aromatic rings. The van der Waals surface area contributed by atoms with E-state index in [1.807, 2.05) is 0 Å². The summed E-state index contributed by atoms with van der Waals surface area (Å²) >= 11 is 0. The monoisotopic (exact) mass is 434 g/mol. The van der Waals surface area contributed by atoms with E-state index >= 15 is 0 Å². The number of nitrogens with zero attached hydrogens (tertiary/aromatic N) is 1. The standard InChI is InChI=1S/C23H18N2O7/c1-30-20-11-10-14(25(28)29)12-17(20)24-21(26)13-31-23(27)22-15-6-2-4-8-18(15)32-19-9-5-3-7-16(19)22/h2-12,22H,13H2,1H3,(H,24,26). The zero-order valence-electron chi connectivity index (χ0n) is 16.9. The van der Waals surface area contributed by atoms with Crippen molar-refractivity contribution in [3.63, 3.8) is 0 Å². The molecule has 3 aromatic carbocycles. The van der Waals surface area contributed by atoms with E-state index in [0.29, 0.717) is 22.6 Å². The molecule has 0 radical (unpaired) electrons. The van der Waals surface area contributed by atoms with Gasteiger partial charge in [0.25, 0.3) is 11.6 Å². The van der Waals surface area contributed by atoms with E-state index in [2.05, 4.69) is 5.32 Å². The predicted octanol–water partition coefficient (Wildman–Crippen LogP) is 4.02. The van der Waals surface area contributed by atoms with Gasteiger partial charge in [-0.25, -0.2) is 0 Å². The number of methoxy groups -OCH3 is 1. The van der Waals surface area contributed by atoms with Crippen molar-refractivity contribution in [2.24, 2.45) is 0 Å². The molecular formula is C23H18N2O7. The Kier molecular flexibility index (Phi) is 5.71. The minimum Gasteiger partial charge on any atom is -0.495 e. The lowest BCUT2D eigenvalue weighted by atomic mass is 9.88. The smallest absolute Gasteiger partial charge is 0.318 e. The topological polar surface area (TPSA) is 117 Å². The van der Waals surface area contributed by atoms with Crippen LogP contribution in [0.3, 0.4) is 0 Å². The minimum atomic E-state index is -0.753. The second-order valence-corrected chi connectivity index (χ2v) is 6.91. The third-order valence-electron chi connectivity index (χ3n) is 4.93. The van der Waals surface area contributed by atoms with E-state index in [1.165, 1.54) is 25.3 Å². The fourth-order valence-electron chi connectivity index (χ4n) is 3.48. The average Bonchev–Trinajstić information content (AvgIpc) is 2.80. The zero-order valence-corrected chi connectivity index (χ0v) is 16.9. The van der Waals surface area contributed by atoms with Gasteiger partial charge in [-0.15, -0.1) is 0 Å². The Morgan fingerprint density at radius 1 is 1.03 bits per heavy atom. The lowest BCUT2D eigenvalue weighted by molar-refractivity contribution is -0.384. The molecule has 0 aliphatic carbocycles. The highest BCUT2D eigenvalue weighted by molar-refractivity contribution is 5.95. The Morgan fingerprint density at radius 3 is 2.25 bits per heavy atom. The largest absolute Gasteiger partial charge is 0.495 e. The molecule has 0 fully saturated rings. The van der Waals surface area contributed by atoms with Crippen molar-refractivity contribution in [1.82, 2.24) is 0 Å². The number of non-ortho nitro benzene ring substituents is 1. The molecular weight excluding hydrogens is 416 g/mol. The highest BCUT2D eigenvalue weighted by atomic mass is 16.6. The normalized spacial score (nSPS) is 12.0. The van der Waals surface area contributed by atoms with Crippen LogP contribution < -0.4 is 14.8 Å². The summed E-state index contributed by atoms with van der Waals surface area (Å²) in [5.74, 6) is -0.711. The number of nitro groups is 1. The predicted molar refractivity (Wildman–Crippen MR) is 114 cm³/mol. The quantitative estimate of drug-likeness (QED) is 0.354. The van der Waals surface area contributed by atoms with Crippen LogP contribution in [0.25, 0.3) is 0 Å². The Bertz CT molecular complexity index is 1160. The van der Waals surface area contributed by atoms with Crippen molar-refractivity contribution in [2.45, 2.75) is 5.92 Å². The van der Waals surface area contributed by atoms with E-state index in [9.17, 15) is 19.7 Å². The Morgan fingerprint density at radius 2 is 1.66 bits per heavy atom. The first-order valence-corrected chi connectivity index (χ1v) is 9.62. The second kappa shape index (κ2) is 8.76. The molecule has 32 heavy (non-hydrogen) atoms. The summed E-state index contributed by atoms with van der Waals surface area (Å²) in [7, 11) is 1.37. The molecule has 0 spiro atoms. The first-order chi connectivity index (χ1) is 15.5. The van der Waals surface area contributed by atoms with Gasteiger partial charge in [0.1, 0.15) is 23.2 Å². The van der Waals surface area contributed by atoms with E-state index in [1.54, 1.807) is 48.5 Å². The number of carbonyl (C=O) groups is 2. The summed E-state index contributed by atoms with van der Waals surface area (Å²) in [5.41, 5.74) is 1.16. The summed E-state index contributed by atoms with van der Waals surface area (Å²) in [6.07, 6.45) is 0.